The lowest BCUT2D eigenvalue weighted by Crippen LogP contribution is -1.86. The van der Waals surface area contributed by atoms with E-state index in [1.165, 1.54) is 17.7 Å². The van der Waals surface area contributed by atoms with E-state index < -0.39 is 0 Å². The van der Waals surface area contributed by atoms with Crippen molar-refractivity contribution in [2.45, 2.75) is 27.7 Å². The Morgan fingerprint density at radius 1 is 1.26 bits per heavy atom. The predicted molar refractivity (Wildman–Crippen MR) is 83.5 cm³/mol. The molecule has 19 heavy (non-hydrogen) atoms. The van der Waals surface area contributed by atoms with Gasteiger partial charge < -0.3 is 0 Å². The van der Waals surface area contributed by atoms with Crippen LogP contribution in [0.15, 0.2) is 54.4 Å². The van der Waals surface area contributed by atoms with Crippen LogP contribution in [0.5, 0.6) is 0 Å². The van der Waals surface area contributed by atoms with Gasteiger partial charge in [-0.3, -0.25) is 0 Å². The summed E-state index contributed by atoms with van der Waals surface area (Å²) in [4.78, 5) is 0. The highest BCUT2D eigenvalue weighted by Crippen LogP contribution is 2.20. The smallest absolute Gasteiger partial charge is 0.123 e. The first-order valence-corrected chi connectivity index (χ1v) is 6.38. The molecule has 1 heteroatoms. The second kappa shape index (κ2) is 6.89. The summed E-state index contributed by atoms with van der Waals surface area (Å²) in [7, 11) is 0. The molecule has 0 aliphatic rings. The first-order chi connectivity index (χ1) is 8.93. The van der Waals surface area contributed by atoms with E-state index in [1.807, 2.05) is 26.8 Å². The number of aryl methyl sites for hydroxylation is 1. The molecular formula is C18H21F. The van der Waals surface area contributed by atoms with Crippen molar-refractivity contribution < 1.29 is 4.39 Å². The van der Waals surface area contributed by atoms with Crippen molar-refractivity contribution in [3.63, 3.8) is 0 Å². The zero-order valence-electron chi connectivity index (χ0n) is 12.1. The lowest BCUT2D eigenvalue weighted by atomic mass is 10.00. The van der Waals surface area contributed by atoms with Gasteiger partial charge in [0.25, 0.3) is 0 Å². The van der Waals surface area contributed by atoms with Gasteiger partial charge in [0.15, 0.2) is 0 Å². The number of allylic oxidation sites excluding steroid dienone is 6. The lowest BCUT2D eigenvalue weighted by Gasteiger charge is -2.06. The molecule has 0 heterocycles. The average molecular weight is 256 g/mol. The Kier molecular flexibility index (Phi) is 5.50. The minimum atomic E-state index is -0.232. The Labute approximate surface area is 115 Å². The van der Waals surface area contributed by atoms with Crippen LogP contribution in [0.1, 0.15) is 37.5 Å². The van der Waals surface area contributed by atoms with Crippen molar-refractivity contribution in [1.29, 1.82) is 0 Å². The summed E-state index contributed by atoms with van der Waals surface area (Å²) in [6.07, 6.45) is 6.66. The fraction of sp³-hybridized carbons (Fsp3) is 0.222. The highest BCUT2D eigenvalue weighted by Gasteiger charge is 1.99. The van der Waals surface area contributed by atoms with Crippen molar-refractivity contribution >= 4 is 11.6 Å². The first kappa shape index (κ1) is 15.2. The summed E-state index contributed by atoms with van der Waals surface area (Å²) in [5, 5.41) is 0. The topological polar surface area (TPSA) is 0 Å². The Morgan fingerprint density at radius 3 is 2.53 bits per heavy atom. The van der Waals surface area contributed by atoms with E-state index in [1.54, 1.807) is 13.0 Å². The van der Waals surface area contributed by atoms with Gasteiger partial charge >= 0.3 is 0 Å². The summed E-state index contributed by atoms with van der Waals surface area (Å²) >= 11 is 0. The van der Waals surface area contributed by atoms with Gasteiger partial charge in [-0.15, -0.1) is 0 Å². The van der Waals surface area contributed by atoms with Gasteiger partial charge in [-0.25, -0.2) is 4.39 Å². The number of benzene rings is 1. The zero-order chi connectivity index (χ0) is 14.4. The molecule has 0 aliphatic heterocycles. The fourth-order valence-electron chi connectivity index (χ4n) is 1.77. The second-order valence-electron chi connectivity index (χ2n) is 4.77. The maximum absolute atomic E-state index is 13.4. The summed E-state index contributed by atoms with van der Waals surface area (Å²) in [5.74, 6) is -0.232. The third-order valence-corrected chi connectivity index (χ3v) is 2.85. The summed E-state index contributed by atoms with van der Waals surface area (Å²) in [5.41, 5.74) is 5.30. The van der Waals surface area contributed by atoms with E-state index >= 15 is 0 Å². The summed E-state index contributed by atoms with van der Waals surface area (Å²) in [6, 6.07) is 6.21. The number of rotatable bonds is 4. The van der Waals surface area contributed by atoms with Gasteiger partial charge in [-0.05, 0) is 68.2 Å². The van der Waals surface area contributed by atoms with Crippen LogP contribution in [0, 0.1) is 6.92 Å². The highest BCUT2D eigenvalue weighted by molar-refractivity contribution is 5.68. The van der Waals surface area contributed by atoms with Crippen LogP contribution < -0.4 is 0 Å². The minimum Gasteiger partial charge on any atom is -0.207 e. The molecule has 0 aromatic heterocycles. The molecule has 0 atom stereocenters. The first-order valence-electron chi connectivity index (χ1n) is 6.38. The minimum absolute atomic E-state index is 0.232. The normalized spacial score (nSPS) is 13.1. The molecule has 100 valence electrons. The summed E-state index contributed by atoms with van der Waals surface area (Å²) in [6.45, 7) is 11.7. The average Bonchev–Trinajstić information content (AvgIpc) is 2.31. The van der Waals surface area contributed by atoms with Gasteiger partial charge in [-0.2, -0.15) is 0 Å². The van der Waals surface area contributed by atoms with E-state index in [0.717, 1.165) is 22.3 Å². The second-order valence-corrected chi connectivity index (χ2v) is 4.77. The lowest BCUT2D eigenvalue weighted by molar-refractivity contribution is 0.666. The van der Waals surface area contributed by atoms with Crippen molar-refractivity contribution in [2.24, 2.45) is 0 Å². The van der Waals surface area contributed by atoms with Crippen molar-refractivity contribution in [1.82, 2.24) is 0 Å². The molecule has 1 aromatic carbocycles. The van der Waals surface area contributed by atoms with Crippen LogP contribution in [0.4, 0.5) is 4.39 Å². The molecule has 0 bridgehead atoms. The van der Waals surface area contributed by atoms with Crippen molar-refractivity contribution in [3.05, 3.63) is 71.1 Å². The van der Waals surface area contributed by atoms with Crippen LogP contribution in [0.3, 0.4) is 0 Å². The van der Waals surface area contributed by atoms with Crippen LogP contribution in [0.25, 0.3) is 11.6 Å². The predicted octanol–water partition coefficient (Wildman–Crippen LogP) is 5.86. The highest BCUT2D eigenvalue weighted by atomic mass is 19.1. The Bertz CT molecular complexity index is 557. The van der Waals surface area contributed by atoms with Gasteiger partial charge in [0.2, 0.25) is 0 Å². The molecule has 0 fully saturated rings. The van der Waals surface area contributed by atoms with E-state index in [9.17, 15) is 4.39 Å². The van der Waals surface area contributed by atoms with Crippen molar-refractivity contribution in [2.75, 3.05) is 0 Å². The monoisotopic (exact) mass is 256 g/mol. The molecule has 0 amide bonds. The van der Waals surface area contributed by atoms with E-state index in [4.69, 9.17) is 0 Å². The molecule has 0 radical (unpaired) electrons. The number of hydrogen-bond acceptors (Lipinski definition) is 0. The largest absolute Gasteiger partial charge is 0.207 e. The molecule has 0 aliphatic carbocycles. The molecule has 0 unspecified atom stereocenters. The van der Waals surface area contributed by atoms with Gasteiger partial charge in [0.1, 0.15) is 5.83 Å². The van der Waals surface area contributed by atoms with Gasteiger partial charge in [-0.1, -0.05) is 36.4 Å². The van der Waals surface area contributed by atoms with Crippen LogP contribution in [-0.4, -0.2) is 0 Å². The van der Waals surface area contributed by atoms with Crippen LogP contribution in [-0.2, 0) is 0 Å². The van der Waals surface area contributed by atoms with Crippen LogP contribution >= 0.6 is 0 Å². The maximum atomic E-state index is 13.4. The third kappa shape index (κ3) is 4.70. The number of halogens is 1. The molecule has 1 rings (SSSR count). The van der Waals surface area contributed by atoms with E-state index in [2.05, 4.69) is 24.8 Å². The SMILES string of the molecule is C=C(C)c1ccc(C)c(/C=C(C)/C=C(F)\C=C/C)c1. The quantitative estimate of drug-likeness (QED) is 0.592. The fourth-order valence-corrected chi connectivity index (χ4v) is 1.77. The van der Waals surface area contributed by atoms with Crippen molar-refractivity contribution in [3.8, 4) is 0 Å². The molecule has 0 nitrogen and oxygen atoms in total. The molecule has 0 spiro atoms. The van der Waals surface area contributed by atoms with Gasteiger partial charge in [0, 0.05) is 0 Å². The third-order valence-electron chi connectivity index (χ3n) is 2.85. The number of hydrogen-bond donors (Lipinski definition) is 0. The van der Waals surface area contributed by atoms with Crippen LogP contribution in [0.2, 0.25) is 0 Å². The van der Waals surface area contributed by atoms with E-state index in [0.29, 0.717) is 0 Å². The standard InChI is InChI=1S/C18H21F/c1-6-7-18(19)11-14(4)10-17-12-16(13(2)3)9-8-15(17)5/h6-12H,2H2,1,3-5H3/b7-6-,14-10+,18-11+. The maximum Gasteiger partial charge on any atom is 0.123 e. The molecule has 0 N–H and O–H groups in total. The molecule has 0 saturated carbocycles. The molecular weight excluding hydrogens is 235 g/mol. The van der Waals surface area contributed by atoms with Gasteiger partial charge in [0.05, 0.1) is 0 Å². The Morgan fingerprint density at radius 2 is 1.95 bits per heavy atom. The summed E-state index contributed by atoms with van der Waals surface area (Å²) < 4.78 is 13.4. The molecule has 0 saturated heterocycles. The zero-order valence-corrected chi connectivity index (χ0v) is 12.1. The van der Waals surface area contributed by atoms with E-state index in [-0.39, 0.29) is 5.83 Å². The Hall–Kier alpha value is -1.89. The Balaban J connectivity index is 3.13. The molecule has 1 aromatic rings.